The largest absolute Gasteiger partial charge is 0.496 e. The summed E-state index contributed by atoms with van der Waals surface area (Å²) in [5, 5.41) is 3.04. The van der Waals surface area contributed by atoms with Crippen LogP contribution in [0.1, 0.15) is 35.1 Å². The van der Waals surface area contributed by atoms with Crippen molar-refractivity contribution < 1.29 is 19.0 Å². The first-order valence-electron chi connectivity index (χ1n) is 10.2. The number of aryl methyl sites for hydroxylation is 1. The Labute approximate surface area is 171 Å². The summed E-state index contributed by atoms with van der Waals surface area (Å²) in [7, 11) is 1.66. The molecule has 4 rings (SSSR count). The first kappa shape index (κ1) is 19.6. The summed E-state index contributed by atoms with van der Waals surface area (Å²) in [5.41, 5.74) is 4.32. The third kappa shape index (κ3) is 4.48. The third-order valence-electron chi connectivity index (χ3n) is 5.55. The number of carbonyl (C=O) groups is 1. The van der Waals surface area contributed by atoms with Crippen molar-refractivity contribution in [3.05, 3.63) is 58.7 Å². The molecule has 0 bridgehead atoms. The van der Waals surface area contributed by atoms with Gasteiger partial charge in [-0.25, -0.2) is 4.79 Å². The van der Waals surface area contributed by atoms with Gasteiger partial charge in [-0.1, -0.05) is 24.3 Å². The molecule has 29 heavy (non-hydrogen) atoms. The second-order valence-electron chi connectivity index (χ2n) is 7.67. The molecule has 1 unspecified atom stereocenters. The van der Waals surface area contributed by atoms with Crippen LogP contribution >= 0.6 is 0 Å². The predicted octanol–water partition coefficient (Wildman–Crippen LogP) is 3.79. The zero-order valence-corrected chi connectivity index (χ0v) is 17.1. The molecule has 1 saturated heterocycles. The molecule has 1 atom stereocenters. The zero-order chi connectivity index (χ0) is 20.2. The maximum Gasteiger partial charge on any atom is 0.318 e. The fourth-order valence-corrected chi connectivity index (χ4v) is 3.91. The second kappa shape index (κ2) is 8.74. The lowest BCUT2D eigenvalue weighted by Gasteiger charge is -2.19. The zero-order valence-electron chi connectivity index (χ0n) is 17.1. The van der Waals surface area contributed by atoms with E-state index in [0.29, 0.717) is 26.2 Å². The van der Waals surface area contributed by atoms with Crippen LogP contribution in [0.3, 0.4) is 0 Å². The summed E-state index contributed by atoms with van der Waals surface area (Å²) < 4.78 is 17.1. The minimum atomic E-state index is -0.0890. The highest BCUT2D eigenvalue weighted by molar-refractivity contribution is 5.75. The number of carbonyl (C=O) groups excluding carboxylic acids is 1. The van der Waals surface area contributed by atoms with Crippen LogP contribution in [0.15, 0.2) is 36.4 Å². The Morgan fingerprint density at radius 2 is 2.14 bits per heavy atom. The lowest BCUT2D eigenvalue weighted by atomic mass is 10.1. The van der Waals surface area contributed by atoms with E-state index < -0.39 is 0 Å². The van der Waals surface area contributed by atoms with Crippen molar-refractivity contribution in [2.75, 3.05) is 20.3 Å². The second-order valence-corrected chi connectivity index (χ2v) is 7.67. The van der Waals surface area contributed by atoms with Gasteiger partial charge in [0.05, 0.1) is 19.8 Å². The van der Waals surface area contributed by atoms with Crippen LogP contribution < -0.4 is 14.8 Å². The van der Waals surface area contributed by atoms with Gasteiger partial charge in [0.2, 0.25) is 0 Å². The monoisotopic (exact) mass is 396 g/mol. The van der Waals surface area contributed by atoms with Crippen molar-refractivity contribution in [2.24, 2.45) is 0 Å². The van der Waals surface area contributed by atoms with Crippen molar-refractivity contribution in [1.82, 2.24) is 10.2 Å². The lowest BCUT2D eigenvalue weighted by molar-refractivity contribution is 0.0675. The Hall–Kier alpha value is -2.73. The van der Waals surface area contributed by atoms with E-state index in [-0.39, 0.29) is 12.1 Å². The molecule has 0 aromatic heterocycles. The molecule has 2 aliphatic heterocycles. The van der Waals surface area contributed by atoms with Crippen molar-refractivity contribution in [2.45, 2.75) is 45.5 Å². The molecule has 2 heterocycles. The number of nitrogens with zero attached hydrogens (tertiary/aromatic N) is 1. The molecule has 2 aliphatic rings. The highest BCUT2D eigenvalue weighted by Gasteiger charge is 2.26. The van der Waals surface area contributed by atoms with E-state index in [9.17, 15) is 4.79 Å². The van der Waals surface area contributed by atoms with E-state index in [2.05, 4.69) is 5.32 Å². The molecule has 0 radical (unpaired) electrons. The van der Waals surface area contributed by atoms with Crippen LogP contribution in [0.25, 0.3) is 0 Å². The molecule has 2 aromatic carbocycles. The molecule has 6 nitrogen and oxygen atoms in total. The highest BCUT2D eigenvalue weighted by atomic mass is 16.5. The van der Waals surface area contributed by atoms with Gasteiger partial charge >= 0.3 is 6.03 Å². The van der Waals surface area contributed by atoms with Gasteiger partial charge in [-0.05, 0) is 43.0 Å². The molecule has 0 saturated carbocycles. The van der Waals surface area contributed by atoms with Gasteiger partial charge in [-0.3, -0.25) is 0 Å². The maximum atomic E-state index is 12.7. The molecule has 0 aliphatic carbocycles. The number of hydrogen-bond acceptors (Lipinski definition) is 4. The Bertz CT molecular complexity index is 877. The summed E-state index contributed by atoms with van der Waals surface area (Å²) in [6.07, 6.45) is 2.29. The van der Waals surface area contributed by atoms with Crippen molar-refractivity contribution in [3.63, 3.8) is 0 Å². The standard InChI is InChI=1S/C23H28N2O4/c1-16-8-9-17(22(11-16)29-15-19-6-4-10-28-19)12-24-23(26)25-13-18-5-3-7-21(27-2)20(18)14-25/h3,5,7-9,11,19H,4,6,10,12-15H2,1-2H3,(H,24,26). The molecule has 2 amide bonds. The molecule has 1 fully saturated rings. The molecular formula is C23H28N2O4. The summed E-state index contributed by atoms with van der Waals surface area (Å²) >= 11 is 0. The van der Waals surface area contributed by atoms with Crippen LogP contribution in [-0.2, 0) is 24.4 Å². The number of methoxy groups -OCH3 is 1. The summed E-state index contributed by atoms with van der Waals surface area (Å²) in [6.45, 7) is 4.97. The Kier molecular flexibility index (Phi) is 5.90. The highest BCUT2D eigenvalue weighted by Crippen LogP contribution is 2.30. The minimum Gasteiger partial charge on any atom is -0.496 e. The SMILES string of the molecule is COc1cccc2c1CN(C(=O)NCc1ccc(C)cc1OCC1CCCO1)C2. The van der Waals surface area contributed by atoms with E-state index in [4.69, 9.17) is 14.2 Å². The Morgan fingerprint density at radius 1 is 1.24 bits per heavy atom. The average Bonchev–Trinajstić information content (AvgIpc) is 3.40. The number of amides is 2. The quantitative estimate of drug-likeness (QED) is 0.807. The van der Waals surface area contributed by atoms with E-state index in [0.717, 1.165) is 53.2 Å². The van der Waals surface area contributed by atoms with Crippen LogP contribution in [0.5, 0.6) is 11.5 Å². The Morgan fingerprint density at radius 3 is 2.93 bits per heavy atom. The smallest absolute Gasteiger partial charge is 0.318 e. The number of fused-ring (bicyclic) bond motifs is 1. The van der Waals surface area contributed by atoms with Gasteiger partial charge in [0.15, 0.2) is 0 Å². The van der Waals surface area contributed by atoms with Crippen LogP contribution in [-0.4, -0.2) is 37.4 Å². The van der Waals surface area contributed by atoms with Crippen molar-refractivity contribution in [1.29, 1.82) is 0 Å². The number of urea groups is 1. The molecule has 2 aromatic rings. The van der Waals surface area contributed by atoms with Gasteiger partial charge in [0.25, 0.3) is 0 Å². The third-order valence-corrected chi connectivity index (χ3v) is 5.55. The minimum absolute atomic E-state index is 0.0890. The van der Waals surface area contributed by atoms with Gasteiger partial charge < -0.3 is 24.4 Å². The molecule has 0 spiro atoms. The van der Waals surface area contributed by atoms with E-state index in [1.54, 1.807) is 12.0 Å². The summed E-state index contributed by atoms with van der Waals surface area (Å²) in [4.78, 5) is 14.5. The maximum absolute atomic E-state index is 12.7. The molecular weight excluding hydrogens is 368 g/mol. The van der Waals surface area contributed by atoms with Crippen LogP contribution in [0, 0.1) is 6.92 Å². The number of hydrogen-bond donors (Lipinski definition) is 1. The van der Waals surface area contributed by atoms with E-state index >= 15 is 0 Å². The first-order valence-corrected chi connectivity index (χ1v) is 10.2. The van der Waals surface area contributed by atoms with Gasteiger partial charge in [-0.2, -0.15) is 0 Å². The average molecular weight is 396 g/mol. The van der Waals surface area contributed by atoms with E-state index in [1.165, 1.54) is 0 Å². The number of nitrogens with one attached hydrogen (secondary N) is 1. The molecule has 1 N–H and O–H groups in total. The predicted molar refractivity (Wildman–Crippen MR) is 110 cm³/mol. The van der Waals surface area contributed by atoms with Gasteiger partial charge in [-0.15, -0.1) is 0 Å². The summed E-state index contributed by atoms with van der Waals surface area (Å²) in [5.74, 6) is 1.65. The van der Waals surface area contributed by atoms with Gasteiger partial charge in [0, 0.05) is 30.8 Å². The Balaban J connectivity index is 1.37. The topological polar surface area (TPSA) is 60.0 Å². The van der Waals surface area contributed by atoms with Gasteiger partial charge in [0.1, 0.15) is 18.1 Å². The normalized spacial score (nSPS) is 17.9. The van der Waals surface area contributed by atoms with Crippen molar-refractivity contribution in [3.8, 4) is 11.5 Å². The van der Waals surface area contributed by atoms with Crippen LogP contribution in [0.2, 0.25) is 0 Å². The molecule has 154 valence electrons. The number of benzene rings is 2. The number of rotatable bonds is 6. The fraction of sp³-hybridized carbons (Fsp3) is 0.435. The number of ether oxygens (including phenoxy) is 3. The summed E-state index contributed by atoms with van der Waals surface area (Å²) in [6, 6.07) is 11.9. The van der Waals surface area contributed by atoms with Crippen LogP contribution in [0.4, 0.5) is 4.79 Å². The fourth-order valence-electron chi connectivity index (χ4n) is 3.91. The molecule has 6 heteroatoms. The first-order chi connectivity index (χ1) is 14.1. The van der Waals surface area contributed by atoms with Crippen molar-refractivity contribution >= 4 is 6.03 Å². The lowest BCUT2D eigenvalue weighted by Crippen LogP contribution is -2.36. The van der Waals surface area contributed by atoms with E-state index in [1.807, 2.05) is 43.3 Å².